The largest absolute Gasteiger partial charge is 0.352 e. The average Bonchev–Trinajstić information content (AvgIpc) is 3.27. The minimum absolute atomic E-state index is 0.0177. The highest BCUT2D eigenvalue weighted by molar-refractivity contribution is 5.87. The molecule has 2 aliphatic rings. The number of likely N-dealkylation sites (N-methyl/N-ethyl adjacent to an activating group) is 1. The summed E-state index contributed by atoms with van der Waals surface area (Å²) in [5, 5.41) is 8.30. The molecule has 7 heteroatoms. The fourth-order valence-electron chi connectivity index (χ4n) is 3.53. The summed E-state index contributed by atoms with van der Waals surface area (Å²) in [6.07, 6.45) is 6.33. The number of nitrogens with zero attached hydrogens (tertiary/aromatic N) is 1. The SMILES string of the molecule is CNC(C)C(=O)NCC(=O)N1CCCC1.O=CNC1CCCc2ccccc21. The van der Waals surface area contributed by atoms with E-state index in [4.69, 9.17) is 0 Å². The van der Waals surface area contributed by atoms with Crippen LogP contribution in [0.15, 0.2) is 24.3 Å². The van der Waals surface area contributed by atoms with E-state index in [-0.39, 0.29) is 30.4 Å². The van der Waals surface area contributed by atoms with Gasteiger partial charge in [-0.25, -0.2) is 0 Å². The van der Waals surface area contributed by atoms with Gasteiger partial charge in [-0.2, -0.15) is 0 Å². The van der Waals surface area contributed by atoms with Gasteiger partial charge in [0.15, 0.2) is 0 Å². The lowest BCUT2D eigenvalue weighted by atomic mass is 9.88. The van der Waals surface area contributed by atoms with Crippen LogP contribution in [-0.2, 0) is 20.8 Å². The Morgan fingerprint density at radius 1 is 1.21 bits per heavy atom. The Labute approximate surface area is 167 Å². The molecule has 1 aromatic carbocycles. The van der Waals surface area contributed by atoms with Crippen molar-refractivity contribution in [1.82, 2.24) is 20.9 Å². The summed E-state index contributed by atoms with van der Waals surface area (Å²) < 4.78 is 0. The Bertz CT molecular complexity index is 659. The van der Waals surface area contributed by atoms with Crippen LogP contribution in [0.4, 0.5) is 0 Å². The Kier molecular flexibility index (Phi) is 8.94. The first kappa shape index (κ1) is 21.9. The quantitative estimate of drug-likeness (QED) is 0.638. The van der Waals surface area contributed by atoms with Crippen LogP contribution in [0.2, 0.25) is 0 Å². The first-order valence-corrected chi connectivity index (χ1v) is 10.1. The second-order valence-electron chi connectivity index (χ2n) is 7.24. The van der Waals surface area contributed by atoms with Crippen molar-refractivity contribution in [2.45, 2.75) is 51.1 Å². The molecule has 0 aromatic heterocycles. The summed E-state index contributed by atoms with van der Waals surface area (Å²) >= 11 is 0. The van der Waals surface area contributed by atoms with Crippen LogP contribution >= 0.6 is 0 Å². The molecule has 1 aliphatic carbocycles. The molecule has 0 bridgehead atoms. The zero-order valence-electron chi connectivity index (χ0n) is 16.9. The standard InChI is InChI=1S/C11H13NO.C10H19N3O2/c13-8-12-11-7-3-5-9-4-1-2-6-10(9)11;1-8(11-2)10(15)12-7-9(14)13-5-3-4-6-13/h1-2,4,6,8,11H,3,5,7H2,(H,12,13);8,11H,3-7H2,1-2H3,(H,12,15). The van der Waals surface area contributed by atoms with Gasteiger partial charge in [-0.1, -0.05) is 24.3 Å². The number of hydrogen-bond acceptors (Lipinski definition) is 4. The molecule has 3 N–H and O–H groups in total. The van der Waals surface area contributed by atoms with Crippen LogP contribution < -0.4 is 16.0 Å². The summed E-state index contributed by atoms with van der Waals surface area (Å²) in [5.74, 6) is -0.116. The van der Waals surface area contributed by atoms with Crippen LogP contribution in [0.25, 0.3) is 0 Å². The van der Waals surface area contributed by atoms with Crippen LogP contribution in [0.3, 0.4) is 0 Å². The van der Waals surface area contributed by atoms with Crippen molar-refractivity contribution < 1.29 is 14.4 Å². The molecule has 1 fully saturated rings. The van der Waals surface area contributed by atoms with Gasteiger partial charge in [0.2, 0.25) is 18.2 Å². The van der Waals surface area contributed by atoms with E-state index < -0.39 is 0 Å². The molecule has 7 nitrogen and oxygen atoms in total. The van der Waals surface area contributed by atoms with Crippen molar-refractivity contribution in [3.05, 3.63) is 35.4 Å². The lowest BCUT2D eigenvalue weighted by molar-refractivity contribution is -0.132. The highest BCUT2D eigenvalue weighted by Crippen LogP contribution is 2.28. The second kappa shape index (κ2) is 11.4. The smallest absolute Gasteiger partial charge is 0.241 e. The van der Waals surface area contributed by atoms with Crippen LogP contribution in [0.1, 0.15) is 49.8 Å². The topological polar surface area (TPSA) is 90.5 Å². The number of nitrogens with one attached hydrogen (secondary N) is 3. The molecular formula is C21H32N4O3. The molecule has 0 spiro atoms. The number of likely N-dealkylation sites (tertiary alicyclic amines) is 1. The first-order valence-electron chi connectivity index (χ1n) is 10.1. The number of amides is 3. The van der Waals surface area contributed by atoms with Crippen molar-refractivity contribution in [3.63, 3.8) is 0 Å². The molecule has 3 amide bonds. The van der Waals surface area contributed by atoms with Gasteiger partial charge in [-0.15, -0.1) is 0 Å². The van der Waals surface area contributed by atoms with Gasteiger partial charge in [-0.3, -0.25) is 14.4 Å². The fraction of sp³-hybridized carbons (Fsp3) is 0.571. The number of fused-ring (bicyclic) bond motifs is 1. The van der Waals surface area contributed by atoms with Gasteiger partial charge < -0.3 is 20.9 Å². The lowest BCUT2D eigenvalue weighted by Gasteiger charge is -2.24. The van der Waals surface area contributed by atoms with E-state index in [0.29, 0.717) is 0 Å². The van der Waals surface area contributed by atoms with Crippen molar-refractivity contribution in [1.29, 1.82) is 0 Å². The van der Waals surface area contributed by atoms with E-state index in [1.807, 2.05) is 6.07 Å². The molecule has 1 aromatic rings. The van der Waals surface area contributed by atoms with Crippen LogP contribution in [0, 0.1) is 0 Å². The normalized spacial score (nSPS) is 18.9. The summed E-state index contributed by atoms with van der Waals surface area (Å²) in [6, 6.07) is 8.33. The van der Waals surface area contributed by atoms with Gasteiger partial charge in [-0.05, 0) is 57.2 Å². The molecule has 0 saturated carbocycles. The summed E-state index contributed by atoms with van der Waals surface area (Å²) in [4.78, 5) is 35.1. The zero-order valence-corrected chi connectivity index (χ0v) is 16.9. The van der Waals surface area contributed by atoms with E-state index in [2.05, 4.69) is 34.1 Å². The van der Waals surface area contributed by atoms with Gasteiger partial charge in [0.05, 0.1) is 18.6 Å². The molecule has 2 atom stereocenters. The Balaban J connectivity index is 0.000000202. The van der Waals surface area contributed by atoms with Gasteiger partial charge in [0.1, 0.15) is 0 Å². The summed E-state index contributed by atoms with van der Waals surface area (Å²) in [5.41, 5.74) is 2.67. The number of hydrogen-bond donors (Lipinski definition) is 3. The third-order valence-electron chi connectivity index (χ3n) is 5.34. The number of rotatable bonds is 6. The summed E-state index contributed by atoms with van der Waals surface area (Å²) in [6.45, 7) is 3.53. The van der Waals surface area contributed by atoms with Gasteiger partial charge in [0, 0.05) is 13.1 Å². The fourth-order valence-corrected chi connectivity index (χ4v) is 3.53. The molecule has 1 saturated heterocycles. The lowest BCUT2D eigenvalue weighted by Crippen LogP contribution is -2.45. The number of carbonyl (C=O) groups excluding carboxylic acids is 3. The van der Waals surface area contributed by atoms with Gasteiger partial charge in [0.25, 0.3) is 0 Å². The van der Waals surface area contributed by atoms with E-state index >= 15 is 0 Å². The maximum Gasteiger partial charge on any atom is 0.241 e. The van der Waals surface area contributed by atoms with Crippen LogP contribution in [0.5, 0.6) is 0 Å². The molecule has 154 valence electrons. The van der Waals surface area contributed by atoms with Gasteiger partial charge >= 0.3 is 0 Å². The monoisotopic (exact) mass is 388 g/mol. The molecule has 2 unspecified atom stereocenters. The third-order valence-corrected chi connectivity index (χ3v) is 5.34. The number of aryl methyl sites for hydroxylation is 1. The minimum atomic E-state index is -0.253. The predicted molar refractivity (Wildman–Crippen MR) is 109 cm³/mol. The molecule has 28 heavy (non-hydrogen) atoms. The Hall–Kier alpha value is -2.41. The minimum Gasteiger partial charge on any atom is -0.352 e. The van der Waals surface area contributed by atoms with E-state index in [0.717, 1.165) is 45.2 Å². The average molecular weight is 389 g/mol. The first-order chi connectivity index (χ1) is 13.6. The molecule has 1 aliphatic heterocycles. The Morgan fingerprint density at radius 3 is 2.61 bits per heavy atom. The van der Waals surface area contributed by atoms with E-state index in [1.165, 1.54) is 17.5 Å². The van der Waals surface area contributed by atoms with Crippen molar-refractivity contribution >= 4 is 18.2 Å². The van der Waals surface area contributed by atoms with E-state index in [1.54, 1.807) is 18.9 Å². The number of benzene rings is 1. The third kappa shape index (κ3) is 6.34. The van der Waals surface area contributed by atoms with Crippen LogP contribution in [-0.4, -0.2) is 55.8 Å². The molecule has 3 rings (SSSR count). The number of carbonyl (C=O) groups is 3. The van der Waals surface area contributed by atoms with Crippen molar-refractivity contribution in [2.24, 2.45) is 0 Å². The maximum atomic E-state index is 11.6. The molecule has 0 radical (unpaired) electrons. The maximum absolute atomic E-state index is 11.6. The van der Waals surface area contributed by atoms with E-state index in [9.17, 15) is 14.4 Å². The van der Waals surface area contributed by atoms with Crippen molar-refractivity contribution in [3.8, 4) is 0 Å². The van der Waals surface area contributed by atoms with Crippen molar-refractivity contribution in [2.75, 3.05) is 26.7 Å². The molecular weight excluding hydrogens is 356 g/mol. The predicted octanol–water partition coefficient (Wildman–Crippen LogP) is 1.14. The highest BCUT2D eigenvalue weighted by atomic mass is 16.2. The Morgan fingerprint density at radius 2 is 1.93 bits per heavy atom. The zero-order chi connectivity index (χ0) is 20.4. The summed E-state index contributed by atoms with van der Waals surface area (Å²) in [7, 11) is 1.71. The second-order valence-corrected chi connectivity index (χ2v) is 7.24. The molecule has 1 heterocycles. The highest BCUT2D eigenvalue weighted by Gasteiger charge is 2.19.